The molecule has 0 saturated carbocycles. The van der Waals surface area contributed by atoms with Crippen molar-refractivity contribution in [2.75, 3.05) is 23.8 Å². The van der Waals surface area contributed by atoms with Gasteiger partial charge in [0.2, 0.25) is 5.60 Å². The number of anilines is 1. The summed E-state index contributed by atoms with van der Waals surface area (Å²) in [5.74, 6) is -0.664. The van der Waals surface area contributed by atoms with Crippen LogP contribution in [0.15, 0.2) is 191 Å². The third kappa shape index (κ3) is 12.3. The van der Waals surface area contributed by atoms with Crippen LogP contribution in [-0.4, -0.2) is 79.5 Å². The summed E-state index contributed by atoms with van der Waals surface area (Å²) < 4.78 is 11.9. The summed E-state index contributed by atoms with van der Waals surface area (Å²) in [5.41, 5.74) is 8.39. The Kier molecular flexibility index (Phi) is 17.2. The van der Waals surface area contributed by atoms with Crippen molar-refractivity contribution in [1.82, 2.24) is 25.5 Å². The van der Waals surface area contributed by atoms with Gasteiger partial charge in [0.05, 0.1) is 0 Å². The van der Waals surface area contributed by atoms with E-state index in [0.717, 1.165) is 49.6 Å². The highest BCUT2D eigenvalue weighted by Crippen LogP contribution is 2.47. The first-order valence-electron chi connectivity index (χ1n) is 24.1. The molecule has 76 heavy (non-hydrogen) atoms. The van der Waals surface area contributed by atoms with Crippen molar-refractivity contribution >= 4 is 92.9 Å². The molecule has 14 nitrogen and oxygen atoms in total. The summed E-state index contributed by atoms with van der Waals surface area (Å²) in [6.45, 7) is 5.82. The highest BCUT2D eigenvalue weighted by molar-refractivity contribution is 8.06. The molecule has 19 heteroatoms. The topological polar surface area (TPSA) is 187 Å². The van der Waals surface area contributed by atoms with Gasteiger partial charge in [0.1, 0.15) is 32.7 Å². The molecular weight excluding hydrogens is 1060 g/mol. The molecule has 0 unspecified atom stereocenters. The number of hydrogen-bond donors (Lipinski definition) is 3. The minimum atomic E-state index is -1.39. The lowest BCUT2D eigenvalue weighted by atomic mass is 9.80. The number of esters is 1. The number of rotatable bonds is 19. The van der Waals surface area contributed by atoms with Crippen molar-refractivity contribution in [3.05, 3.63) is 224 Å². The molecule has 1 saturated heterocycles. The lowest BCUT2D eigenvalue weighted by Gasteiger charge is -2.49. The number of nitrogen functional groups attached to an aromatic ring is 1. The summed E-state index contributed by atoms with van der Waals surface area (Å²) in [6, 6.07) is 48.1. The molecule has 4 heterocycles. The molecule has 3 amide bonds. The summed E-state index contributed by atoms with van der Waals surface area (Å²) >= 11 is 12.1. The molecule has 7 aromatic rings. The molecule has 2 aromatic heterocycles. The predicted octanol–water partition coefficient (Wildman–Crippen LogP) is 11.0. The van der Waals surface area contributed by atoms with Gasteiger partial charge in [-0.25, -0.2) is 14.6 Å². The van der Waals surface area contributed by atoms with Crippen LogP contribution in [0.1, 0.15) is 65.9 Å². The number of thiazole rings is 1. The number of fused-ring (bicyclic) bond motifs is 1. The molecule has 0 radical (unpaired) electrons. The molecule has 388 valence electrons. The first-order valence-corrected chi connectivity index (χ1v) is 28.3. The molecule has 5 aromatic carbocycles. The molecule has 0 bridgehead atoms. The lowest BCUT2D eigenvalue weighted by molar-refractivity contribution is -0.154. The van der Waals surface area contributed by atoms with Crippen LogP contribution in [0.2, 0.25) is 4.34 Å². The number of carbonyl (C=O) groups excluding carboxylic acids is 4. The number of oxime groups is 1. The first kappa shape index (κ1) is 53.7. The van der Waals surface area contributed by atoms with Gasteiger partial charge in [0, 0.05) is 62.7 Å². The number of pyridine rings is 1. The maximum atomic E-state index is 15.0. The number of nitrogens with zero attached hydrogens (tertiary/aromatic N) is 4. The number of amides is 3. The maximum absolute atomic E-state index is 15.0. The molecule has 0 aliphatic carbocycles. The van der Waals surface area contributed by atoms with E-state index in [1.54, 1.807) is 24.2 Å². The van der Waals surface area contributed by atoms with Crippen molar-refractivity contribution in [3.8, 4) is 0 Å². The van der Waals surface area contributed by atoms with E-state index in [1.807, 2.05) is 178 Å². The SMILES string of the molecule is CC(C)(C)OC(=O)NCCSCc1cnccc1SC1=C(C(=O)OC(c2ccccc2)c2ccccc2)N2C(=O)[C@@H](NC(=O)C(=NOC(c3ccccc3)(c3ccccc3)c3ccccc3)c3nc(N)sc3Cl)[C@@H]2SC1. The number of halogens is 1. The fourth-order valence-corrected chi connectivity index (χ4v) is 13.0. The Morgan fingerprint density at radius 3 is 1.95 bits per heavy atom. The fraction of sp³-hybridized carbons (Fsp3) is 0.211. The van der Waals surface area contributed by atoms with Crippen LogP contribution in [0.5, 0.6) is 0 Å². The van der Waals surface area contributed by atoms with E-state index >= 15 is 4.79 Å². The van der Waals surface area contributed by atoms with Crippen LogP contribution in [0.4, 0.5) is 9.93 Å². The van der Waals surface area contributed by atoms with Gasteiger partial charge in [-0.15, -0.1) is 11.8 Å². The Morgan fingerprint density at radius 2 is 1.41 bits per heavy atom. The third-order valence-electron chi connectivity index (χ3n) is 12.0. The molecule has 2 aliphatic heterocycles. The van der Waals surface area contributed by atoms with Gasteiger partial charge in [0.15, 0.2) is 16.9 Å². The number of ether oxygens (including phenoxy) is 2. The second-order valence-electron chi connectivity index (χ2n) is 18.3. The molecule has 2 aliphatic rings. The van der Waals surface area contributed by atoms with Gasteiger partial charge >= 0.3 is 12.1 Å². The van der Waals surface area contributed by atoms with Crippen LogP contribution in [0.25, 0.3) is 0 Å². The van der Waals surface area contributed by atoms with Gasteiger partial charge < -0.3 is 30.7 Å². The van der Waals surface area contributed by atoms with E-state index in [2.05, 4.69) is 25.8 Å². The smallest absolute Gasteiger partial charge is 0.407 e. The minimum Gasteiger partial charge on any atom is -0.448 e. The number of hydrogen-bond acceptors (Lipinski definition) is 15. The third-order valence-corrected chi connectivity index (χ3v) is 16.7. The monoisotopic (exact) mass is 1110 g/mol. The lowest BCUT2D eigenvalue weighted by Crippen LogP contribution is -2.71. The van der Waals surface area contributed by atoms with Crippen molar-refractivity contribution in [2.45, 2.75) is 60.1 Å². The van der Waals surface area contributed by atoms with E-state index in [1.165, 1.54) is 28.4 Å². The van der Waals surface area contributed by atoms with E-state index in [-0.39, 0.29) is 32.3 Å². The Balaban J connectivity index is 1.03. The molecular formula is C57H52ClN7O7S4. The number of β-lactam (4-membered cyclic amide) rings is 1. The van der Waals surface area contributed by atoms with Crippen molar-refractivity contribution < 1.29 is 33.5 Å². The molecule has 2 atom stereocenters. The second-order valence-corrected chi connectivity index (χ2v) is 23.3. The van der Waals surface area contributed by atoms with Crippen LogP contribution >= 0.6 is 58.2 Å². The standard InChI is InChI=1S/C57H52ClN7O7S4/c1-56(2,3)71-55(69)61-31-32-73-34-38-33-60-30-29-42(38)75-43-35-74-52-46(51(67)65(52)47(43)53(68)70-48(36-19-9-4-10-20-36)37-21-11-5-12-22-37)62-50(66)45(44-49(58)76-54(59)63-44)64-72-57(39-23-13-6-14-24-39,40-25-15-7-16-26-40)41-27-17-8-18-28-41/h4-30,33,46,48,52H,31-32,34-35H2,1-3H3,(H2,59,63)(H,61,69)(H,62,66)/t46-,52+/m1/s1. The minimum absolute atomic E-state index is 0.0361. The Bertz CT molecular complexity index is 3100. The van der Waals surface area contributed by atoms with E-state index in [0.29, 0.717) is 23.0 Å². The summed E-state index contributed by atoms with van der Waals surface area (Å²) in [4.78, 5) is 75.4. The Hall–Kier alpha value is -7.09. The molecule has 1 fully saturated rings. The summed E-state index contributed by atoms with van der Waals surface area (Å²) in [7, 11) is 0. The zero-order chi connectivity index (χ0) is 53.2. The predicted molar refractivity (Wildman–Crippen MR) is 302 cm³/mol. The second kappa shape index (κ2) is 24.3. The average Bonchev–Trinajstić information content (AvgIpc) is 3.79. The van der Waals surface area contributed by atoms with Crippen LogP contribution < -0.4 is 16.4 Å². The number of aromatic nitrogens is 2. The van der Waals surface area contributed by atoms with Crippen LogP contribution in [0, 0.1) is 0 Å². The van der Waals surface area contributed by atoms with Crippen molar-refractivity contribution in [2.24, 2.45) is 5.16 Å². The summed E-state index contributed by atoms with van der Waals surface area (Å²) in [5, 5.41) is 9.67. The molecule has 0 spiro atoms. The van der Waals surface area contributed by atoms with Gasteiger partial charge in [0.25, 0.3) is 11.8 Å². The maximum Gasteiger partial charge on any atom is 0.407 e. The number of thioether (sulfide) groups is 3. The number of benzene rings is 5. The van der Waals surface area contributed by atoms with Crippen molar-refractivity contribution in [3.63, 3.8) is 0 Å². The van der Waals surface area contributed by atoms with E-state index in [9.17, 15) is 14.4 Å². The highest BCUT2D eigenvalue weighted by Gasteiger charge is 2.55. The largest absolute Gasteiger partial charge is 0.448 e. The Labute approximate surface area is 462 Å². The molecule has 4 N–H and O–H groups in total. The zero-order valence-corrected chi connectivity index (χ0v) is 45.5. The number of nitrogens with one attached hydrogen (secondary N) is 2. The van der Waals surface area contributed by atoms with Gasteiger partial charge in [-0.1, -0.05) is 192 Å². The van der Waals surface area contributed by atoms with E-state index in [4.69, 9.17) is 31.6 Å². The zero-order valence-electron chi connectivity index (χ0n) is 41.5. The van der Waals surface area contributed by atoms with Gasteiger partial charge in [-0.3, -0.25) is 19.5 Å². The number of carbonyl (C=O) groups is 4. The van der Waals surface area contributed by atoms with Gasteiger partial charge in [-0.05, 0) is 43.5 Å². The highest BCUT2D eigenvalue weighted by atomic mass is 35.5. The quantitative estimate of drug-likeness (QED) is 0.0174. The number of alkyl carbamates (subject to hydrolysis) is 1. The normalized spacial score (nSPS) is 15.6. The van der Waals surface area contributed by atoms with E-state index < -0.39 is 52.6 Å². The van der Waals surface area contributed by atoms with Crippen LogP contribution in [-0.2, 0) is 40.0 Å². The van der Waals surface area contributed by atoms with Gasteiger partial charge in [-0.2, -0.15) is 11.8 Å². The first-order chi connectivity index (χ1) is 36.8. The van der Waals surface area contributed by atoms with Crippen molar-refractivity contribution in [1.29, 1.82) is 0 Å². The fourth-order valence-electron chi connectivity index (χ4n) is 8.54. The average molecular weight is 1110 g/mol. The molecule has 9 rings (SSSR count). The number of nitrogens with two attached hydrogens (primary N) is 1. The Morgan fingerprint density at radius 1 is 0.842 bits per heavy atom. The van der Waals surface area contributed by atoms with Crippen LogP contribution in [0.3, 0.4) is 0 Å². The summed E-state index contributed by atoms with van der Waals surface area (Å²) in [6.07, 6.45) is 2.13.